The molecular formula is C29H33N3O4. The average Bonchev–Trinajstić information content (AvgIpc) is 3.20. The average molecular weight is 488 g/mol. The fraction of sp³-hybridized carbons (Fsp3) is 0.310. The van der Waals surface area contributed by atoms with Crippen molar-refractivity contribution in [3.63, 3.8) is 0 Å². The molecule has 7 heteroatoms. The van der Waals surface area contributed by atoms with Crippen LogP contribution >= 0.6 is 0 Å². The van der Waals surface area contributed by atoms with Gasteiger partial charge in [-0.05, 0) is 61.4 Å². The van der Waals surface area contributed by atoms with Gasteiger partial charge in [-0.1, -0.05) is 37.1 Å². The highest BCUT2D eigenvalue weighted by atomic mass is 16.5. The Hall–Kier alpha value is -4.00. The molecule has 1 heterocycles. The molecular weight excluding hydrogens is 454 g/mol. The first-order valence-electron chi connectivity index (χ1n) is 12.5. The number of amides is 2. The number of para-hydroxylation sites is 1. The van der Waals surface area contributed by atoms with E-state index in [1.807, 2.05) is 77.7 Å². The summed E-state index contributed by atoms with van der Waals surface area (Å²) in [5.74, 6) is 1.36. The summed E-state index contributed by atoms with van der Waals surface area (Å²) in [4.78, 5) is 27.1. The van der Waals surface area contributed by atoms with Gasteiger partial charge in [-0.25, -0.2) is 0 Å². The Morgan fingerprint density at radius 3 is 2.11 bits per heavy atom. The van der Waals surface area contributed by atoms with Gasteiger partial charge in [-0.2, -0.15) is 0 Å². The first kappa shape index (κ1) is 25.1. The van der Waals surface area contributed by atoms with Crippen molar-refractivity contribution in [2.75, 3.05) is 43.5 Å². The van der Waals surface area contributed by atoms with Crippen molar-refractivity contribution in [1.29, 1.82) is 0 Å². The number of hydrogen-bond acceptors (Lipinski definition) is 5. The van der Waals surface area contributed by atoms with Crippen LogP contribution in [-0.2, 0) is 4.79 Å². The molecule has 0 aliphatic carbocycles. The van der Waals surface area contributed by atoms with Gasteiger partial charge in [-0.15, -0.1) is 0 Å². The van der Waals surface area contributed by atoms with Crippen molar-refractivity contribution in [2.45, 2.75) is 25.7 Å². The lowest BCUT2D eigenvalue weighted by Crippen LogP contribution is -2.31. The summed E-state index contributed by atoms with van der Waals surface area (Å²) in [5, 5.41) is 5.98. The van der Waals surface area contributed by atoms with Crippen molar-refractivity contribution >= 4 is 23.2 Å². The van der Waals surface area contributed by atoms with Gasteiger partial charge in [0.25, 0.3) is 5.91 Å². The van der Waals surface area contributed by atoms with E-state index in [0.717, 1.165) is 37.4 Å². The summed E-state index contributed by atoms with van der Waals surface area (Å²) in [6.07, 6.45) is 4.52. The standard InChI is InChI=1S/C29H33N3O4/c33-28(22-30-24-15-13-23(14-16-24)29(34)32-17-6-1-2-7-18-32)31-25-9-8-12-27(21-25)36-20-19-35-26-10-4-3-5-11-26/h3-5,8-16,21,30H,1-2,6-7,17-20,22H2,(H,31,33). The number of benzene rings is 3. The summed E-state index contributed by atoms with van der Waals surface area (Å²) in [5.41, 5.74) is 2.12. The second kappa shape index (κ2) is 13.2. The number of ether oxygens (including phenoxy) is 2. The maximum atomic E-state index is 12.7. The third-order valence-corrected chi connectivity index (χ3v) is 5.96. The maximum Gasteiger partial charge on any atom is 0.253 e. The fourth-order valence-electron chi connectivity index (χ4n) is 4.07. The lowest BCUT2D eigenvalue weighted by atomic mass is 10.1. The molecule has 0 bridgehead atoms. The lowest BCUT2D eigenvalue weighted by Gasteiger charge is -2.20. The van der Waals surface area contributed by atoms with Crippen molar-refractivity contribution in [3.05, 3.63) is 84.4 Å². The van der Waals surface area contributed by atoms with Gasteiger partial charge in [0.05, 0.1) is 6.54 Å². The van der Waals surface area contributed by atoms with Gasteiger partial charge < -0.3 is 25.0 Å². The number of nitrogens with zero attached hydrogens (tertiary/aromatic N) is 1. The number of carbonyl (C=O) groups excluding carboxylic acids is 2. The molecule has 0 radical (unpaired) electrons. The molecule has 7 nitrogen and oxygen atoms in total. The van der Waals surface area contributed by atoms with Crippen LogP contribution in [0.15, 0.2) is 78.9 Å². The van der Waals surface area contributed by atoms with Gasteiger partial charge >= 0.3 is 0 Å². The quantitative estimate of drug-likeness (QED) is 0.384. The number of nitrogens with one attached hydrogen (secondary N) is 2. The van der Waals surface area contributed by atoms with E-state index >= 15 is 0 Å². The third kappa shape index (κ3) is 7.77. The van der Waals surface area contributed by atoms with Gasteiger partial charge in [0.2, 0.25) is 5.91 Å². The molecule has 2 amide bonds. The largest absolute Gasteiger partial charge is 0.490 e. The van der Waals surface area contributed by atoms with Crippen LogP contribution < -0.4 is 20.1 Å². The van der Waals surface area contributed by atoms with Crippen LogP contribution in [0.25, 0.3) is 0 Å². The predicted octanol–water partition coefficient (Wildman–Crippen LogP) is 5.21. The van der Waals surface area contributed by atoms with Crippen LogP contribution in [0.4, 0.5) is 11.4 Å². The zero-order chi connectivity index (χ0) is 25.0. The Balaban J connectivity index is 1.19. The van der Waals surface area contributed by atoms with Gasteiger partial charge in [-0.3, -0.25) is 9.59 Å². The van der Waals surface area contributed by atoms with Crippen LogP contribution in [0.5, 0.6) is 11.5 Å². The molecule has 0 spiro atoms. The first-order valence-corrected chi connectivity index (χ1v) is 12.5. The zero-order valence-electron chi connectivity index (χ0n) is 20.4. The summed E-state index contributed by atoms with van der Waals surface area (Å²) in [6, 6.07) is 24.1. The lowest BCUT2D eigenvalue weighted by molar-refractivity contribution is -0.114. The van der Waals surface area contributed by atoms with E-state index in [1.165, 1.54) is 12.8 Å². The molecule has 188 valence electrons. The van der Waals surface area contributed by atoms with Crippen LogP contribution in [0.3, 0.4) is 0 Å². The van der Waals surface area contributed by atoms with Crippen LogP contribution in [0.1, 0.15) is 36.0 Å². The molecule has 1 aliphatic rings. The first-order chi connectivity index (χ1) is 17.7. The molecule has 0 atom stereocenters. The minimum Gasteiger partial charge on any atom is -0.490 e. The number of hydrogen-bond donors (Lipinski definition) is 2. The van der Waals surface area contributed by atoms with Gasteiger partial charge in [0.15, 0.2) is 0 Å². The third-order valence-electron chi connectivity index (χ3n) is 5.96. The minimum absolute atomic E-state index is 0.0786. The fourth-order valence-corrected chi connectivity index (χ4v) is 4.07. The summed E-state index contributed by atoms with van der Waals surface area (Å²) in [6.45, 7) is 2.58. The molecule has 0 aromatic heterocycles. The minimum atomic E-state index is -0.177. The number of rotatable bonds is 10. The maximum absolute atomic E-state index is 12.7. The van der Waals surface area contributed by atoms with Crippen molar-refractivity contribution in [1.82, 2.24) is 4.90 Å². The second-order valence-corrected chi connectivity index (χ2v) is 8.72. The monoisotopic (exact) mass is 487 g/mol. The van der Waals surface area contributed by atoms with E-state index in [2.05, 4.69) is 10.6 Å². The Morgan fingerprint density at radius 2 is 1.39 bits per heavy atom. The number of likely N-dealkylation sites (tertiary alicyclic amines) is 1. The normalized spacial score (nSPS) is 13.4. The van der Waals surface area contributed by atoms with E-state index in [4.69, 9.17) is 9.47 Å². The van der Waals surface area contributed by atoms with E-state index in [9.17, 15) is 9.59 Å². The molecule has 0 unspecified atom stereocenters. The Labute approximate surface area is 212 Å². The molecule has 3 aromatic carbocycles. The molecule has 1 fully saturated rings. The molecule has 36 heavy (non-hydrogen) atoms. The molecule has 1 saturated heterocycles. The molecule has 0 saturated carbocycles. The second-order valence-electron chi connectivity index (χ2n) is 8.72. The summed E-state index contributed by atoms with van der Waals surface area (Å²) >= 11 is 0. The van der Waals surface area contributed by atoms with E-state index in [1.54, 1.807) is 6.07 Å². The van der Waals surface area contributed by atoms with E-state index in [0.29, 0.717) is 30.2 Å². The van der Waals surface area contributed by atoms with Crippen LogP contribution in [0.2, 0.25) is 0 Å². The Kier molecular flexibility index (Phi) is 9.19. The summed E-state index contributed by atoms with van der Waals surface area (Å²) < 4.78 is 11.4. The van der Waals surface area contributed by atoms with Crippen molar-refractivity contribution in [3.8, 4) is 11.5 Å². The SMILES string of the molecule is O=C(CNc1ccc(C(=O)N2CCCCCC2)cc1)Nc1cccc(OCCOc2ccccc2)c1. The molecule has 3 aromatic rings. The van der Waals surface area contributed by atoms with Crippen molar-refractivity contribution in [2.24, 2.45) is 0 Å². The van der Waals surface area contributed by atoms with Gasteiger partial charge in [0, 0.05) is 36.1 Å². The van der Waals surface area contributed by atoms with E-state index < -0.39 is 0 Å². The summed E-state index contributed by atoms with van der Waals surface area (Å²) in [7, 11) is 0. The predicted molar refractivity (Wildman–Crippen MR) is 142 cm³/mol. The van der Waals surface area contributed by atoms with E-state index in [-0.39, 0.29) is 18.4 Å². The number of carbonyl (C=O) groups is 2. The Morgan fingerprint density at radius 1 is 0.722 bits per heavy atom. The molecule has 1 aliphatic heterocycles. The number of anilines is 2. The highest BCUT2D eigenvalue weighted by molar-refractivity contribution is 5.95. The Bertz CT molecular complexity index is 1110. The van der Waals surface area contributed by atoms with Gasteiger partial charge in [0.1, 0.15) is 24.7 Å². The van der Waals surface area contributed by atoms with Crippen molar-refractivity contribution < 1.29 is 19.1 Å². The molecule has 2 N–H and O–H groups in total. The topological polar surface area (TPSA) is 79.9 Å². The smallest absolute Gasteiger partial charge is 0.253 e. The highest BCUT2D eigenvalue weighted by Crippen LogP contribution is 2.18. The van der Waals surface area contributed by atoms with Crippen LogP contribution in [0, 0.1) is 0 Å². The van der Waals surface area contributed by atoms with Crippen LogP contribution in [-0.4, -0.2) is 49.6 Å². The molecule has 4 rings (SSSR count). The highest BCUT2D eigenvalue weighted by Gasteiger charge is 2.17. The zero-order valence-corrected chi connectivity index (χ0v) is 20.4.